The number of benzene rings is 2. The van der Waals surface area contributed by atoms with Crippen molar-refractivity contribution < 1.29 is 27.6 Å². The minimum Gasteiger partial charge on any atom is -0.326 e. The van der Waals surface area contributed by atoms with E-state index < -0.39 is 29.6 Å². The van der Waals surface area contributed by atoms with Gasteiger partial charge in [0.1, 0.15) is 0 Å². The van der Waals surface area contributed by atoms with Crippen molar-refractivity contribution in [2.45, 2.75) is 33.0 Å². The molecule has 0 spiro atoms. The van der Waals surface area contributed by atoms with Crippen LogP contribution in [0.4, 0.5) is 30.2 Å². The van der Waals surface area contributed by atoms with Crippen LogP contribution in [0.15, 0.2) is 48.5 Å². The number of alkyl halides is 3. The summed E-state index contributed by atoms with van der Waals surface area (Å²) in [6, 6.07) is 10.3. The average Bonchev–Trinajstić information content (AvgIpc) is 2.72. The monoisotopic (exact) mass is 450 g/mol. The fourth-order valence-corrected chi connectivity index (χ4v) is 2.99. The third kappa shape index (κ3) is 7.09. The van der Waals surface area contributed by atoms with Crippen LogP contribution in [-0.2, 0) is 20.6 Å². The summed E-state index contributed by atoms with van der Waals surface area (Å²) < 4.78 is 39.5. The number of halogens is 3. The maximum Gasteiger partial charge on any atom is 0.418 e. The normalized spacial score (nSPS) is 12.2. The number of carbonyl (C=O) groups excluding carboxylic acids is 3. The van der Waals surface area contributed by atoms with Gasteiger partial charge in [-0.25, -0.2) is 0 Å². The molecule has 172 valence electrons. The van der Waals surface area contributed by atoms with Gasteiger partial charge in [0.15, 0.2) is 0 Å². The molecule has 0 saturated heterocycles. The SMILES string of the molecule is CCN(CC(=O)Nc1ccc(NC(C)=O)cc1)[C@H](C)C(=O)Nc1ccccc1C(F)(F)F. The molecular formula is C22H25F3N4O3. The molecule has 7 nitrogen and oxygen atoms in total. The lowest BCUT2D eigenvalue weighted by atomic mass is 10.1. The Labute approximate surface area is 184 Å². The van der Waals surface area contributed by atoms with E-state index in [1.807, 2.05) is 0 Å². The molecule has 3 amide bonds. The molecule has 0 saturated carbocycles. The molecule has 1 atom stereocenters. The molecule has 0 aliphatic rings. The molecular weight excluding hydrogens is 425 g/mol. The summed E-state index contributed by atoms with van der Waals surface area (Å²) in [5.74, 6) is -1.27. The molecule has 0 aliphatic carbocycles. The topological polar surface area (TPSA) is 90.5 Å². The van der Waals surface area contributed by atoms with Crippen molar-refractivity contribution in [2.75, 3.05) is 29.0 Å². The van der Waals surface area contributed by atoms with Gasteiger partial charge >= 0.3 is 6.18 Å². The first-order valence-electron chi connectivity index (χ1n) is 9.90. The summed E-state index contributed by atoms with van der Waals surface area (Å²) in [6.45, 7) is 4.82. The summed E-state index contributed by atoms with van der Waals surface area (Å²) >= 11 is 0. The van der Waals surface area contributed by atoms with Crippen LogP contribution in [0.2, 0.25) is 0 Å². The van der Waals surface area contributed by atoms with E-state index in [4.69, 9.17) is 0 Å². The van der Waals surface area contributed by atoms with Crippen molar-refractivity contribution in [3.8, 4) is 0 Å². The Balaban J connectivity index is 2.00. The predicted molar refractivity (Wildman–Crippen MR) is 116 cm³/mol. The number of rotatable bonds is 8. The van der Waals surface area contributed by atoms with Crippen LogP contribution in [0.5, 0.6) is 0 Å². The van der Waals surface area contributed by atoms with E-state index in [0.29, 0.717) is 17.9 Å². The minimum absolute atomic E-state index is 0.139. The highest BCUT2D eigenvalue weighted by molar-refractivity contribution is 5.97. The molecule has 0 unspecified atom stereocenters. The Hall–Kier alpha value is -3.40. The first-order valence-corrected chi connectivity index (χ1v) is 9.90. The Morgan fingerprint density at radius 1 is 0.938 bits per heavy atom. The molecule has 2 aromatic carbocycles. The van der Waals surface area contributed by atoms with Crippen molar-refractivity contribution in [1.29, 1.82) is 0 Å². The minimum atomic E-state index is -4.60. The Morgan fingerprint density at radius 3 is 2.03 bits per heavy atom. The van der Waals surface area contributed by atoms with Crippen LogP contribution in [0.25, 0.3) is 0 Å². The number of anilines is 3. The van der Waals surface area contributed by atoms with Gasteiger partial charge in [-0.2, -0.15) is 13.2 Å². The van der Waals surface area contributed by atoms with E-state index >= 15 is 0 Å². The maximum atomic E-state index is 13.2. The van der Waals surface area contributed by atoms with E-state index in [1.165, 1.54) is 36.9 Å². The number of nitrogens with zero attached hydrogens (tertiary/aromatic N) is 1. The van der Waals surface area contributed by atoms with Gasteiger partial charge in [-0.3, -0.25) is 19.3 Å². The Bertz CT molecular complexity index is 962. The average molecular weight is 450 g/mol. The molecule has 2 rings (SSSR count). The van der Waals surface area contributed by atoms with Crippen LogP contribution >= 0.6 is 0 Å². The fraction of sp³-hybridized carbons (Fsp3) is 0.318. The number of likely N-dealkylation sites (N-methyl/N-ethyl adjacent to an activating group) is 1. The van der Waals surface area contributed by atoms with E-state index in [9.17, 15) is 27.6 Å². The van der Waals surface area contributed by atoms with Gasteiger partial charge in [0.05, 0.1) is 23.8 Å². The molecule has 0 aromatic heterocycles. The van der Waals surface area contributed by atoms with Crippen molar-refractivity contribution >= 4 is 34.8 Å². The third-order valence-electron chi connectivity index (χ3n) is 4.66. The zero-order valence-corrected chi connectivity index (χ0v) is 17.9. The second-order valence-corrected chi connectivity index (χ2v) is 7.08. The van der Waals surface area contributed by atoms with Gasteiger partial charge in [0, 0.05) is 18.3 Å². The highest BCUT2D eigenvalue weighted by Crippen LogP contribution is 2.34. The van der Waals surface area contributed by atoms with Crippen LogP contribution in [0.1, 0.15) is 26.3 Å². The largest absolute Gasteiger partial charge is 0.418 e. The second kappa shape index (κ2) is 10.8. The van der Waals surface area contributed by atoms with Crippen molar-refractivity contribution in [3.63, 3.8) is 0 Å². The van der Waals surface area contributed by atoms with Gasteiger partial charge in [0.25, 0.3) is 0 Å². The first kappa shape index (κ1) is 24.9. The van der Waals surface area contributed by atoms with Gasteiger partial charge in [0.2, 0.25) is 17.7 Å². The molecule has 32 heavy (non-hydrogen) atoms. The summed E-state index contributed by atoms with van der Waals surface area (Å²) in [5.41, 5.74) is -0.202. The second-order valence-electron chi connectivity index (χ2n) is 7.08. The highest BCUT2D eigenvalue weighted by Gasteiger charge is 2.34. The van der Waals surface area contributed by atoms with Crippen LogP contribution in [0, 0.1) is 0 Å². The number of hydrogen-bond acceptors (Lipinski definition) is 4. The lowest BCUT2D eigenvalue weighted by molar-refractivity contribution is -0.137. The molecule has 0 aliphatic heterocycles. The molecule has 2 aromatic rings. The molecule has 10 heteroatoms. The van der Waals surface area contributed by atoms with Crippen LogP contribution in [-0.4, -0.2) is 41.8 Å². The van der Waals surface area contributed by atoms with Gasteiger partial charge < -0.3 is 16.0 Å². The Morgan fingerprint density at radius 2 is 1.50 bits per heavy atom. The Kier molecular flexibility index (Phi) is 8.36. The number of carbonyl (C=O) groups is 3. The van der Waals surface area contributed by atoms with Crippen molar-refractivity contribution in [3.05, 3.63) is 54.1 Å². The van der Waals surface area contributed by atoms with Gasteiger partial charge in [-0.15, -0.1) is 0 Å². The van der Waals surface area contributed by atoms with Crippen LogP contribution in [0.3, 0.4) is 0 Å². The molecule has 0 heterocycles. The summed E-state index contributed by atoms with van der Waals surface area (Å²) in [7, 11) is 0. The zero-order valence-electron chi connectivity index (χ0n) is 17.9. The van der Waals surface area contributed by atoms with E-state index in [2.05, 4.69) is 16.0 Å². The lowest BCUT2D eigenvalue weighted by Crippen LogP contribution is -2.45. The number of amides is 3. The van der Waals surface area contributed by atoms with Crippen molar-refractivity contribution in [1.82, 2.24) is 4.90 Å². The first-order chi connectivity index (χ1) is 15.0. The third-order valence-corrected chi connectivity index (χ3v) is 4.66. The highest BCUT2D eigenvalue weighted by atomic mass is 19.4. The number of nitrogens with one attached hydrogen (secondary N) is 3. The standard InChI is InChI=1S/C22H25F3N4O3/c1-4-29(13-20(31)27-17-11-9-16(10-12-17)26-15(3)30)14(2)21(32)28-19-8-6-5-7-18(19)22(23,24)25/h5-12,14H,4,13H2,1-3H3,(H,26,30)(H,27,31)(H,28,32)/t14-/m1/s1. The molecule has 0 radical (unpaired) electrons. The maximum absolute atomic E-state index is 13.2. The predicted octanol–water partition coefficient (Wildman–Crippen LogP) is 3.95. The molecule has 3 N–H and O–H groups in total. The summed E-state index contributed by atoms with van der Waals surface area (Å²) in [6.07, 6.45) is -4.60. The van der Waals surface area contributed by atoms with E-state index in [-0.39, 0.29) is 18.1 Å². The zero-order chi connectivity index (χ0) is 23.9. The number of para-hydroxylation sites is 1. The molecule has 0 bridgehead atoms. The van der Waals surface area contributed by atoms with E-state index in [0.717, 1.165) is 6.07 Å². The van der Waals surface area contributed by atoms with Crippen molar-refractivity contribution in [2.24, 2.45) is 0 Å². The lowest BCUT2D eigenvalue weighted by Gasteiger charge is -2.26. The summed E-state index contributed by atoms with van der Waals surface area (Å²) in [4.78, 5) is 37.6. The van der Waals surface area contributed by atoms with E-state index in [1.54, 1.807) is 31.2 Å². The van der Waals surface area contributed by atoms with Gasteiger partial charge in [-0.1, -0.05) is 19.1 Å². The summed E-state index contributed by atoms with van der Waals surface area (Å²) in [5, 5.41) is 7.61. The van der Waals surface area contributed by atoms with Crippen LogP contribution < -0.4 is 16.0 Å². The molecule has 0 fully saturated rings. The number of hydrogen-bond donors (Lipinski definition) is 3. The fourth-order valence-electron chi connectivity index (χ4n) is 2.99. The van der Waals surface area contributed by atoms with Gasteiger partial charge in [-0.05, 0) is 49.9 Å². The quantitative estimate of drug-likeness (QED) is 0.568. The smallest absolute Gasteiger partial charge is 0.326 e.